The zero-order valence-corrected chi connectivity index (χ0v) is 14.1. The van der Waals surface area contributed by atoms with Crippen LogP contribution in [-0.2, 0) is 6.54 Å². The normalized spacial score (nSPS) is 14.7. The van der Waals surface area contributed by atoms with Crippen LogP contribution in [0, 0.1) is 5.92 Å². The second kappa shape index (κ2) is 7.32. The van der Waals surface area contributed by atoms with Gasteiger partial charge < -0.3 is 14.8 Å². The fourth-order valence-electron chi connectivity index (χ4n) is 1.93. The van der Waals surface area contributed by atoms with E-state index in [1.54, 1.807) is 0 Å². The first-order chi connectivity index (χ1) is 9.60. The summed E-state index contributed by atoms with van der Waals surface area (Å²) in [6.45, 7) is 8.56. The number of benzene rings is 1. The molecule has 1 aromatic rings. The highest BCUT2D eigenvalue weighted by Crippen LogP contribution is 2.39. The highest BCUT2D eigenvalue weighted by molar-refractivity contribution is 9.10. The third kappa shape index (κ3) is 4.67. The minimum absolute atomic E-state index is 0.468. The van der Waals surface area contributed by atoms with Crippen LogP contribution in [0.5, 0.6) is 11.5 Å². The van der Waals surface area contributed by atoms with Crippen LogP contribution >= 0.6 is 15.9 Å². The Morgan fingerprint density at radius 3 is 2.65 bits per heavy atom. The van der Waals surface area contributed by atoms with E-state index in [0.29, 0.717) is 12.6 Å². The summed E-state index contributed by atoms with van der Waals surface area (Å²) >= 11 is 3.61. The van der Waals surface area contributed by atoms with Crippen molar-refractivity contribution in [2.24, 2.45) is 5.92 Å². The van der Waals surface area contributed by atoms with Gasteiger partial charge in [0, 0.05) is 12.6 Å². The molecule has 1 N–H and O–H groups in total. The molecular weight excluding hydrogens is 318 g/mol. The van der Waals surface area contributed by atoms with Gasteiger partial charge >= 0.3 is 0 Å². The maximum atomic E-state index is 5.93. The third-order valence-corrected chi connectivity index (χ3v) is 3.83. The molecule has 4 heteroatoms. The Morgan fingerprint density at radius 1 is 1.30 bits per heavy atom. The van der Waals surface area contributed by atoms with E-state index in [-0.39, 0.29) is 0 Å². The van der Waals surface area contributed by atoms with Crippen LogP contribution in [0.25, 0.3) is 0 Å². The molecule has 0 aromatic heterocycles. The van der Waals surface area contributed by atoms with Gasteiger partial charge in [-0.05, 0) is 59.3 Å². The molecular formula is C16H24BrNO2. The topological polar surface area (TPSA) is 30.5 Å². The molecule has 1 aromatic carbocycles. The summed E-state index contributed by atoms with van der Waals surface area (Å²) in [5.41, 5.74) is 1.20. The Hall–Kier alpha value is -0.740. The summed E-state index contributed by atoms with van der Waals surface area (Å²) in [4.78, 5) is 0. The number of hydrogen-bond acceptors (Lipinski definition) is 3. The molecule has 0 bridgehead atoms. The summed E-state index contributed by atoms with van der Waals surface area (Å²) in [6.07, 6.45) is 2.58. The van der Waals surface area contributed by atoms with Crippen LogP contribution in [0.4, 0.5) is 0 Å². The van der Waals surface area contributed by atoms with Crippen molar-refractivity contribution >= 4 is 15.9 Å². The lowest BCUT2D eigenvalue weighted by molar-refractivity contribution is 0.265. The fourth-order valence-corrected chi connectivity index (χ4v) is 2.54. The smallest absolute Gasteiger partial charge is 0.175 e. The monoisotopic (exact) mass is 341 g/mol. The fraction of sp³-hybridized carbons (Fsp3) is 0.625. The van der Waals surface area contributed by atoms with E-state index in [2.05, 4.69) is 47.2 Å². The molecule has 0 spiro atoms. The molecule has 112 valence electrons. The predicted molar refractivity (Wildman–Crippen MR) is 85.5 cm³/mol. The van der Waals surface area contributed by atoms with Crippen molar-refractivity contribution in [3.63, 3.8) is 0 Å². The summed E-state index contributed by atoms with van der Waals surface area (Å²) in [7, 11) is 0. The van der Waals surface area contributed by atoms with Gasteiger partial charge in [0.15, 0.2) is 11.5 Å². The Kier molecular flexibility index (Phi) is 5.73. The summed E-state index contributed by atoms with van der Waals surface area (Å²) in [5, 5.41) is 3.42. The highest BCUT2D eigenvalue weighted by Gasteiger charge is 2.23. The zero-order valence-electron chi connectivity index (χ0n) is 12.5. The van der Waals surface area contributed by atoms with E-state index in [1.807, 2.05) is 6.92 Å². The first-order valence-electron chi connectivity index (χ1n) is 7.41. The van der Waals surface area contributed by atoms with Crippen molar-refractivity contribution in [1.82, 2.24) is 5.32 Å². The lowest BCUT2D eigenvalue weighted by Gasteiger charge is -2.16. The van der Waals surface area contributed by atoms with Crippen LogP contribution in [0.3, 0.4) is 0 Å². The average molecular weight is 342 g/mol. The molecule has 0 aliphatic heterocycles. The van der Waals surface area contributed by atoms with Gasteiger partial charge in [0.25, 0.3) is 0 Å². The van der Waals surface area contributed by atoms with E-state index in [4.69, 9.17) is 9.47 Å². The van der Waals surface area contributed by atoms with Gasteiger partial charge in [-0.15, -0.1) is 0 Å². The number of nitrogens with one attached hydrogen (secondary N) is 1. The molecule has 3 nitrogen and oxygen atoms in total. The van der Waals surface area contributed by atoms with E-state index in [9.17, 15) is 0 Å². The second-order valence-electron chi connectivity index (χ2n) is 5.63. The van der Waals surface area contributed by atoms with E-state index < -0.39 is 0 Å². The van der Waals surface area contributed by atoms with Gasteiger partial charge in [-0.1, -0.05) is 13.8 Å². The molecule has 0 radical (unpaired) electrons. The number of rotatable bonds is 8. The number of hydrogen-bond donors (Lipinski definition) is 1. The Morgan fingerprint density at radius 2 is 2.05 bits per heavy atom. The third-order valence-electron chi connectivity index (χ3n) is 3.24. The molecule has 0 atom stereocenters. The summed E-state index contributed by atoms with van der Waals surface area (Å²) in [6, 6.07) is 4.65. The minimum atomic E-state index is 0.468. The average Bonchev–Trinajstić information content (AvgIpc) is 3.19. The Bertz CT molecular complexity index is 444. The molecule has 0 amide bonds. The Labute approximate surface area is 130 Å². The molecule has 1 aliphatic carbocycles. The molecule has 0 saturated heterocycles. The first kappa shape index (κ1) is 15.6. The van der Waals surface area contributed by atoms with Crippen LogP contribution in [0.15, 0.2) is 16.6 Å². The van der Waals surface area contributed by atoms with Crippen molar-refractivity contribution in [2.45, 2.75) is 46.2 Å². The lowest BCUT2D eigenvalue weighted by atomic mass is 10.2. The standard InChI is InChI=1S/C16H24BrNO2/c1-4-19-15-8-13(9-18-11(2)3)7-14(17)16(15)20-10-12-5-6-12/h7-8,11-12,18H,4-6,9-10H2,1-3H3. The van der Waals surface area contributed by atoms with Gasteiger partial charge in [0.1, 0.15) is 0 Å². The second-order valence-corrected chi connectivity index (χ2v) is 6.48. The molecule has 1 saturated carbocycles. The van der Waals surface area contributed by atoms with Gasteiger partial charge in [0.05, 0.1) is 17.7 Å². The van der Waals surface area contributed by atoms with Gasteiger partial charge in [-0.3, -0.25) is 0 Å². The lowest BCUT2D eigenvalue weighted by Crippen LogP contribution is -2.21. The number of ether oxygens (including phenoxy) is 2. The maximum absolute atomic E-state index is 5.93. The van der Waals surface area contributed by atoms with Gasteiger partial charge in [0.2, 0.25) is 0 Å². The van der Waals surface area contributed by atoms with Gasteiger partial charge in [-0.2, -0.15) is 0 Å². The first-order valence-corrected chi connectivity index (χ1v) is 8.20. The van der Waals surface area contributed by atoms with Crippen LogP contribution in [-0.4, -0.2) is 19.3 Å². The highest BCUT2D eigenvalue weighted by atomic mass is 79.9. The zero-order chi connectivity index (χ0) is 14.5. The van der Waals surface area contributed by atoms with Crippen molar-refractivity contribution in [1.29, 1.82) is 0 Å². The van der Waals surface area contributed by atoms with Crippen molar-refractivity contribution in [3.05, 3.63) is 22.2 Å². The Balaban J connectivity index is 2.11. The van der Waals surface area contributed by atoms with E-state index >= 15 is 0 Å². The number of halogens is 1. The van der Waals surface area contributed by atoms with E-state index in [1.165, 1.54) is 18.4 Å². The van der Waals surface area contributed by atoms with Crippen molar-refractivity contribution < 1.29 is 9.47 Å². The predicted octanol–water partition coefficient (Wildman–Crippen LogP) is 4.13. The van der Waals surface area contributed by atoms with Crippen LogP contribution in [0.2, 0.25) is 0 Å². The molecule has 2 rings (SSSR count). The molecule has 1 fully saturated rings. The van der Waals surface area contributed by atoms with E-state index in [0.717, 1.165) is 35.0 Å². The minimum Gasteiger partial charge on any atom is -0.490 e. The molecule has 1 aliphatic rings. The SMILES string of the molecule is CCOc1cc(CNC(C)C)cc(Br)c1OCC1CC1. The molecule has 0 heterocycles. The summed E-state index contributed by atoms with van der Waals surface area (Å²) < 4.78 is 12.6. The van der Waals surface area contributed by atoms with Crippen molar-refractivity contribution in [3.8, 4) is 11.5 Å². The molecule has 20 heavy (non-hydrogen) atoms. The maximum Gasteiger partial charge on any atom is 0.175 e. The largest absolute Gasteiger partial charge is 0.490 e. The van der Waals surface area contributed by atoms with Crippen molar-refractivity contribution in [2.75, 3.05) is 13.2 Å². The van der Waals surface area contributed by atoms with Gasteiger partial charge in [-0.25, -0.2) is 0 Å². The van der Waals surface area contributed by atoms with Crippen LogP contribution in [0.1, 0.15) is 39.2 Å². The van der Waals surface area contributed by atoms with Crippen LogP contribution < -0.4 is 14.8 Å². The quantitative estimate of drug-likeness (QED) is 0.770. The summed E-state index contributed by atoms with van der Waals surface area (Å²) in [5.74, 6) is 2.41. The molecule has 0 unspecified atom stereocenters.